The lowest BCUT2D eigenvalue weighted by Crippen LogP contribution is -2.53. The molecule has 4 atom stereocenters. The van der Waals surface area contributed by atoms with Gasteiger partial charge in [-0.25, -0.2) is 4.79 Å². The lowest BCUT2D eigenvalue weighted by Gasteiger charge is -2.36. The Labute approximate surface area is 159 Å². The molecular weight excluding hydrogens is 373 g/mol. The second-order valence-electron chi connectivity index (χ2n) is 6.33. The van der Waals surface area contributed by atoms with Crippen molar-refractivity contribution in [3.63, 3.8) is 0 Å². The Morgan fingerprint density at radius 2 is 1.93 bits per heavy atom. The van der Waals surface area contributed by atoms with Crippen LogP contribution in [-0.2, 0) is 25.2 Å². The van der Waals surface area contributed by atoms with Gasteiger partial charge in [0.05, 0.1) is 18.3 Å². The Hall–Kier alpha value is -1.28. The predicted molar refractivity (Wildman–Crippen MR) is 101 cm³/mol. The van der Waals surface area contributed by atoms with Gasteiger partial charge in [-0.05, 0) is 38.0 Å². The molecule has 1 aromatic rings. The van der Waals surface area contributed by atoms with Crippen molar-refractivity contribution in [3.05, 3.63) is 35.4 Å². The molecule has 0 spiro atoms. The van der Waals surface area contributed by atoms with E-state index in [0.29, 0.717) is 32.8 Å². The summed E-state index contributed by atoms with van der Waals surface area (Å²) in [6.45, 7) is 5.17. The normalized spacial score (nSPS) is 22.5. The number of rotatable bonds is 10. The van der Waals surface area contributed by atoms with Crippen molar-refractivity contribution in [2.45, 2.75) is 44.4 Å². The van der Waals surface area contributed by atoms with Crippen LogP contribution >= 0.6 is 8.03 Å². The molecule has 0 saturated carbocycles. The van der Waals surface area contributed by atoms with Gasteiger partial charge in [0, 0.05) is 25.8 Å². The number of carboxylic acid groups (broad SMARTS) is 1. The monoisotopic (exact) mass is 401 g/mol. The van der Waals surface area contributed by atoms with E-state index in [1.54, 1.807) is 24.3 Å². The SMILES string of the molecule is CCOC(OCC)C([C@@H]1CN[C@H](Cc2ccc(C(=O)O)cc2)CO1)[PH](=O)O. The molecule has 1 aliphatic rings. The average molecular weight is 401 g/mol. The first kappa shape index (κ1) is 22.0. The highest BCUT2D eigenvalue weighted by atomic mass is 31.1. The van der Waals surface area contributed by atoms with E-state index in [9.17, 15) is 14.3 Å². The third kappa shape index (κ3) is 6.38. The Morgan fingerprint density at radius 3 is 2.37 bits per heavy atom. The molecular formula is C18H28NO7P. The molecule has 0 radical (unpaired) electrons. The number of aromatic carboxylic acids is 1. The predicted octanol–water partition coefficient (Wildman–Crippen LogP) is 1.52. The van der Waals surface area contributed by atoms with Crippen molar-refractivity contribution in [1.29, 1.82) is 0 Å². The lowest BCUT2D eigenvalue weighted by molar-refractivity contribution is -0.158. The minimum absolute atomic E-state index is 0.0382. The molecule has 1 heterocycles. The van der Waals surface area contributed by atoms with Crippen LogP contribution in [-0.4, -0.2) is 66.4 Å². The molecule has 0 aliphatic carbocycles. The van der Waals surface area contributed by atoms with Crippen LogP contribution in [0.3, 0.4) is 0 Å². The first-order valence-electron chi connectivity index (χ1n) is 9.09. The molecule has 1 aliphatic heterocycles. The van der Waals surface area contributed by atoms with E-state index >= 15 is 0 Å². The van der Waals surface area contributed by atoms with Crippen LogP contribution < -0.4 is 5.32 Å². The van der Waals surface area contributed by atoms with E-state index in [1.165, 1.54) is 0 Å². The minimum atomic E-state index is -2.92. The summed E-state index contributed by atoms with van der Waals surface area (Å²) in [4.78, 5) is 20.7. The van der Waals surface area contributed by atoms with Gasteiger partial charge in [0.25, 0.3) is 0 Å². The third-order valence-corrected chi connectivity index (χ3v) is 5.66. The van der Waals surface area contributed by atoms with Crippen molar-refractivity contribution < 1.29 is 33.6 Å². The smallest absolute Gasteiger partial charge is 0.335 e. The molecule has 1 saturated heterocycles. The standard InChI is InChI=1S/C18H28NO7P/c1-3-24-18(25-4-2)16(27(22)23)15-10-19-14(11-26-15)9-12-5-7-13(8-6-12)17(20)21/h5-8,14-16,18-19,27H,3-4,9-11H2,1-2H3,(H,20,21)(H,22,23)/t14-,15+,16?/m1/s1. The van der Waals surface area contributed by atoms with Gasteiger partial charge in [-0.2, -0.15) is 0 Å². The summed E-state index contributed by atoms with van der Waals surface area (Å²) in [6, 6.07) is 6.76. The third-order valence-electron chi connectivity index (χ3n) is 4.44. The van der Waals surface area contributed by atoms with Gasteiger partial charge in [-0.3, -0.25) is 4.57 Å². The van der Waals surface area contributed by atoms with Gasteiger partial charge in [0.2, 0.25) is 0 Å². The molecule has 8 nitrogen and oxygen atoms in total. The molecule has 9 heteroatoms. The fourth-order valence-electron chi connectivity index (χ4n) is 3.10. The average Bonchev–Trinajstić information content (AvgIpc) is 2.64. The van der Waals surface area contributed by atoms with E-state index in [-0.39, 0.29) is 11.6 Å². The van der Waals surface area contributed by atoms with Gasteiger partial charge < -0.3 is 29.5 Å². The molecule has 1 fully saturated rings. The molecule has 2 rings (SSSR count). The highest BCUT2D eigenvalue weighted by molar-refractivity contribution is 7.39. The summed E-state index contributed by atoms with van der Waals surface area (Å²) in [5, 5.41) is 12.3. The summed E-state index contributed by atoms with van der Waals surface area (Å²) in [7, 11) is -2.92. The summed E-state index contributed by atoms with van der Waals surface area (Å²) >= 11 is 0. The summed E-state index contributed by atoms with van der Waals surface area (Å²) in [5.74, 6) is -0.952. The zero-order chi connectivity index (χ0) is 19.8. The fourth-order valence-corrected chi connectivity index (χ4v) is 4.06. The van der Waals surface area contributed by atoms with Gasteiger partial charge >= 0.3 is 5.97 Å². The van der Waals surface area contributed by atoms with Gasteiger partial charge in [0.15, 0.2) is 14.3 Å². The summed E-state index contributed by atoms with van der Waals surface area (Å²) in [6.07, 6.45) is -0.579. The highest BCUT2D eigenvalue weighted by Crippen LogP contribution is 2.33. The van der Waals surface area contributed by atoms with E-state index < -0.39 is 32.1 Å². The fraction of sp³-hybridized carbons (Fsp3) is 0.611. The van der Waals surface area contributed by atoms with Gasteiger partial charge in [-0.1, -0.05) is 12.1 Å². The highest BCUT2D eigenvalue weighted by Gasteiger charge is 2.38. The van der Waals surface area contributed by atoms with Crippen molar-refractivity contribution in [2.24, 2.45) is 0 Å². The Kier molecular flexibility index (Phi) is 8.89. The van der Waals surface area contributed by atoms with Crippen LogP contribution in [0.1, 0.15) is 29.8 Å². The number of hydrogen-bond acceptors (Lipinski definition) is 6. The van der Waals surface area contributed by atoms with Crippen molar-refractivity contribution in [3.8, 4) is 0 Å². The minimum Gasteiger partial charge on any atom is -0.478 e. The van der Waals surface area contributed by atoms with Crippen LogP contribution in [0.25, 0.3) is 0 Å². The Bertz CT molecular complexity index is 611. The molecule has 152 valence electrons. The maximum Gasteiger partial charge on any atom is 0.335 e. The Balaban J connectivity index is 1.93. The topological polar surface area (TPSA) is 114 Å². The van der Waals surface area contributed by atoms with Crippen LogP contribution in [0.15, 0.2) is 24.3 Å². The molecule has 0 bridgehead atoms. The molecule has 0 aromatic heterocycles. The number of morpholine rings is 1. The summed E-state index contributed by atoms with van der Waals surface area (Å²) in [5.41, 5.74) is 0.506. The van der Waals surface area contributed by atoms with Crippen molar-refractivity contribution in [1.82, 2.24) is 5.32 Å². The number of ether oxygens (including phenoxy) is 3. The number of nitrogens with one attached hydrogen (secondary N) is 1. The zero-order valence-electron chi connectivity index (χ0n) is 15.6. The molecule has 2 unspecified atom stereocenters. The maximum absolute atomic E-state index is 11.9. The number of carboxylic acids is 1. The zero-order valence-corrected chi connectivity index (χ0v) is 16.6. The molecule has 27 heavy (non-hydrogen) atoms. The number of hydrogen-bond donors (Lipinski definition) is 3. The van der Waals surface area contributed by atoms with E-state index in [0.717, 1.165) is 5.56 Å². The summed E-state index contributed by atoms with van der Waals surface area (Å²) < 4.78 is 28.8. The van der Waals surface area contributed by atoms with Crippen LogP contribution in [0.5, 0.6) is 0 Å². The largest absolute Gasteiger partial charge is 0.478 e. The first-order valence-corrected chi connectivity index (χ1v) is 10.5. The van der Waals surface area contributed by atoms with E-state index in [1.807, 2.05) is 13.8 Å². The number of benzene rings is 1. The molecule has 1 aromatic carbocycles. The van der Waals surface area contributed by atoms with E-state index in [4.69, 9.17) is 19.3 Å². The van der Waals surface area contributed by atoms with Gasteiger partial charge in [-0.15, -0.1) is 0 Å². The maximum atomic E-state index is 11.9. The van der Waals surface area contributed by atoms with Gasteiger partial charge in [0.1, 0.15) is 5.66 Å². The second kappa shape index (κ2) is 10.9. The quantitative estimate of drug-likeness (QED) is 0.399. The van der Waals surface area contributed by atoms with E-state index in [2.05, 4.69) is 5.32 Å². The molecule has 0 amide bonds. The number of carbonyl (C=O) groups is 1. The van der Waals surface area contributed by atoms with Crippen LogP contribution in [0.4, 0.5) is 0 Å². The van der Waals surface area contributed by atoms with Crippen molar-refractivity contribution in [2.75, 3.05) is 26.4 Å². The second-order valence-corrected chi connectivity index (χ2v) is 7.67. The van der Waals surface area contributed by atoms with Crippen LogP contribution in [0, 0.1) is 0 Å². The van der Waals surface area contributed by atoms with Crippen LogP contribution in [0.2, 0.25) is 0 Å². The first-order chi connectivity index (χ1) is 13.0. The lowest BCUT2D eigenvalue weighted by atomic mass is 10.0. The van der Waals surface area contributed by atoms with Crippen molar-refractivity contribution >= 4 is 14.0 Å². The molecule has 3 N–H and O–H groups in total. The Morgan fingerprint density at radius 1 is 1.30 bits per heavy atom.